The van der Waals surface area contributed by atoms with Gasteiger partial charge in [0.1, 0.15) is 5.70 Å². The van der Waals surface area contributed by atoms with E-state index in [1.807, 2.05) is 86.6 Å². The molecule has 2 aliphatic heterocycles. The predicted molar refractivity (Wildman–Crippen MR) is 144 cm³/mol. The molecule has 0 unspecified atom stereocenters. The Morgan fingerprint density at radius 1 is 1.06 bits per heavy atom. The van der Waals surface area contributed by atoms with Gasteiger partial charge in [0.25, 0.3) is 5.91 Å². The lowest BCUT2D eigenvalue weighted by Gasteiger charge is -2.23. The van der Waals surface area contributed by atoms with Gasteiger partial charge in [0.2, 0.25) is 12.7 Å². The van der Waals surface area contributed by atoms with Gasteiger partial charge >= 0.3 is 0 Å². The smallest absolute Gasteiger partial charge is 0.283 e. The number of nitrogens with zero attached hydrogens (tertiary/aromatic N) is 3. The highest BCUT2D eigenvalue weighted by atomic mass is 32.2. The second-order valence-electron chi connectivity index (χ2n) is 8.51. The molecule has 0 radical (unpaired) electrons. The Kier molecular flexibility index (Phi) is 6.52. The molecule has 0 aliphatic carbocycles. The highest BCUT2D eigenvalue weighted by Crippen LogP contribution is 2.35. The van der Waals surface area contributed by atoms with Crippen LogP contribution >= 0.6 is 11.8 Å². The fourth-order valence-electron chi connectivity index (χ4n) is 3.92. The third-order valence-corrected chi connectivity index (χ3v) is 6.97. The quantitative estimate of drug-likeness (QED) is 0.449. The number of aliphatic imine (C=N–C) groups is 1. The van der Waals surface area contributed by atoms with Crippen LogP contribution in [0.2, 0.25) is 0 Å². The molecule has 0 saturated carbocycles. The molecule has 2 heterocycles. The van der Waals surface area contributed by atoms with Gasteiger partial charge in [-0.2, -0.15) is 0 Å². The zero-order chi connectivity index (χ0) is 25.2. The van der Waals surface area contributed by atoms with Crippen molar-refractivity contribution >= 4 is 46.2 Å². The van der Waals surface area contributed by atoms with Crippen LogP contribution < -0.4 is 19.3 Å². The monoisotopic (exact) mass is 499 g/mol. The molecule has 2 amide bonds. The van der Waals surface area contributed by atoms with Crippen molar-refractivity contribution in [1.29, 1.82) is 0 Å². The molecule has 0 bridgehead atoms. The minimum atomic E-state index is -0.473. The lowest BCUT2D eigenvalue weighted by molar-refractivity contribution is -0.117. The van der Waals surface area contributed by atoms with E-state index in [2.05, 4.69) is 4.99 Å². The van der Waals surface area contributed by atoms with E-state index in [1.54, 1.807) is 22.9 Å². The summed E-state index contributed by atoms with van der Waals surface area (Å²) in [7, 11) is 1.75. The van der Waals surface area contributed by atoms with Crippen LogP contribution in [0.5, 0.6) is 11.5 Å². The average Bonchev–Trinajstić information content (AvgIpc) is 3.48. The first-order valence-electron chi connectivity index (χ1n) is 11.5. The van der Waals surface area contributed by atoms with Gasteiger partial charge in [-0.05, 0) is 61.9 Å². The van der Waals surface area contributed by atoms with Gasteiger partial charge in [-0.15, -0.1) is 0 Å². The van der Waals surface area contributed by atoms with Gasteiger partial charge in [-0.25, -0.2) is 4.99 Å². The number of amides is 2. The largest absolute Gasteiger partial charge is 0.454 e. The summed E-state index contributed by atoms with van der Waals surface area (Å²) < 4.78 is 10.8. The minimum Gasteiger partial charge on any atom is -0.454 e. The zero-order valence-corrected chi connectivity index (χ0v) is 21.0. The van der Waals surface area contributed by atoms with Gasteiger partial charge < -0.3 is 14.4 Å². The number of carbonyl (C=O) groups excluding carboxylic acids is 2. The van der Waals surface area contributed by atoms with Gasteiger partial charge in [0.05, 0.1) is 10.9 Å². The van der Waals surface area contributed by atoms with Crippen LogP contribution in [0, 0.1) is 6.92 Å². The van der Waals surface area contributed by atoms with E-state index >= 15 is 0 Å². The molecular weight excluding hydrogens is 474 g/mol. The molecule has 5 rings (SSSR count). The van der Waals surface area contributed by atoms with E-state index in [1.165, 1.54) is 11.8 Å². The maximum atomic E-state index is 13.5. The lowest BCUT2D eigenvalue weighted by atomic mass is 10.1. The molecular formula is C28H25N3O4S. The first-order valence-corrected chi connectivity index (χ1v) is 12.4. The molecule has 2 aliphatic rings. The van der Waals surface area contributed by atoms with Crippen LogP contribution in [0.4, 0.5) is 11.4 Å². The number of hydrogen-bond acceptors (Lipinski definition) is 6. The summed E-state index contributed by atoms with van der Waals surface area (Å²) in [5.41, 5.74) is 3.64. The maximum absolute atomic E-state index is 13.5. The second kappa shape index (κ2) is 9.91. The van der Waals surface area contributed by atoms with Gasteiger partial charge in [0, 0.05) is 12.7 Å². The van der Waals surface area contributed by atoms with Gasteiger partial charge in [-0.3, -0.25) is 14.5 Å². The molecule has 0 fully saturated rings. The standard InChI is InChI=1S/C28H25N3O4S/c1-18-9-12-22(13-10-18)31-27(33)23(15-20-11-14-24-25(16-20)35-17-34-24)29-28(31)36-19(2)26(32)30(3)21-7-5-4-6-8-21/h4-16,19H,17H2,1-3H3/b23-15-/t19-/m0/s1. The van der Waals surface area contributed by atoms with E-state index in [0.29, 0.717) is 22.4 Å². The Morgan fingerprint density at radius 3 is 2.53 bits per heavy atom. The van der Waals surface area contributed by atoms with E-state index in [9.17, 15) is 9.59 Å². The van der Waals surface area contributed by atoms with E-state index in [-0.39, 0.29) is 24.3 Å². The first-order chi connectivity index (χ1) is 17.4. The third-order valence-electron chi connectivity index (χ3n) is 5.93. The Labute approximate surface area is 214 Å². The molecule has 0 saturated heterocycles. The fraction of sp³-hybridized carbons (Fsp3) is 0.179. The van der Waals surface area contributed by atoms with Crippen molar-refractivity contribution < 1.29 is 19.1 Å². The minimum absolute atomic E-state index is 0.0848. The number of ether oxygens (including phenoxy) is 2. The van der Waals surface area contributed by atoms with Gasteiger partial charge in [0.15, 0.2) is 16.7 Å². The van der Waals surface area contributed by atoms with Crippen molar-refractivity contribution in [2.24, 2.45) is 4.99 Å². The number of aryl methyl sites for hydroxylation is 1. The summed E-state index contributed by atoms with van der Waals surface area (Å²) >= 11 is 1.26. The summed E-state index contributed by atoms with van der Waals surface area (Å²) in [6.07, 6.45) is 1.72. The number of para-hydroxylation sites is 1. The van der Waals surface area contributed by atoms with E-state index in [4.69, 9.17) is 9.47 Å². The van der Waals surface area contributed by atoms with Crippen molar-refractivity contribution in [3.63, 3.8) is 0 Å². The number of carbonyl (C=O) groups is 2. The van der Waals surface area contributed by atoms with E-state index < -0.39 is 5.25 Å². The molecule has 0 spiro atoms. The van der Waals surface area contributed by atoms with E-state index in [0.717, 1.165) is 16.8 Å². The summed E-state index contributed by atoms with van der Waals surface area (Å²) in [5.74, 6) is 0.964. The van der Waals surface area contributed by atoms with Crippen molar-refractivity contribution in [2.45, 2.75) is 19.1 Å². The molecule has 0 N–H and O–H groups in total. The van der Waals surface area contributed by atoms with Crippen LogP contribution in [0.1, 0.15) is 18.1 Å². The normalized spacial score (nSPS) is 16.3. The molecule has 7 nitrogen and oxygen atoms in total. The van der Waals surface area contributed by atoms with Crippen molar-refractivity contribution in [3.05, 3.63) is 89.6 Å². The Balaban J connectivity index is 1.45. The third kappa shape index (κ3) is 4.72. The summed E-state index contributed by atoms with van der Waals surface area (Å²) in [4.78, 5) is 34.6. The van der Waals surface area contributed by atoms with Crippen LogP contribution in [0.15, 0.2) is 83.5 Å². The number of benzene rings is 3. The highest BCUT2D eigenvalue weighted by Gasteiger charge is 2.35. The number of fused-ring (bicyclic) bond motifs is 1. The first kappa shape index (κ1) is 23.7. The molecule has 3 aromatic rings. The van der Waals surface area contributed by atoms with Crippen LogP contribution in [0.3, 0.4) is 0 Å². The summed E-state index contributed by atoms with van der Waals surface area (Å²) in [6, 6.07) is 22.6. The molecule has 182 valence electrons. The second-order valence-corrected chi connectivity index (χ2v) is 9.81. The Bertz CT molecular complexity index is 1370. The number of thioether (sulfide) groups is 1. The molecule has 1 atom stereocenters. The number of anilines is 2. The van der Waals surface area contributed by atoms with Crippen LogP contribution in [-0.2, 0) is 9.59 Å². The SMILES string of the molecule is Cc1ccc(N2C(=O)/C(=C/c3ccc4c(c3)OCO4)N=C2S[C@@H](C)C(=O)N(C)c2ccccc2)cc1. The zero-order valence-electron chi connectivity index (χ0n) is 20.2. The highest BCUT2D eigenvalue weighted by molar-refractivity contribution is 8.15. The van der Waals surface area contributed by atoms with Crippen LogP contribution in [0.25, 0.3) is 6.08 Å². The van der Waals surface area contributed by atoms with Crippen LogP contribution in [-0.4, -0.2) is 36.1 Å². The van der Waals surface area contributed by atoms with Crippen molar-refractivity contribution in [1.82, 2.24) is 0 Å². The molecule has 8 heteroatoms. The van der Waals surface area contributed by atoms with Gasteiger partial charge in [-0.1, -0.05) is 53.7 Å². The molecule has 3 aromatic carbocycles. The Hall–Kier alpha value is -4.04. The molecule has 36 heavy (non-hydrogen) atoms. The fourth-order valence-corrected chi connectivity index (χ4v) is 4.94. The lowest BCUT2D eigenvalue weighted by Crippen LogP contribution is -2.36. The number of amidine groups is 1. The molecule has 0 aromatic heterocycles. The maximum Gasteiger partial charge on any atom is 0.283 e. The summed E-state index contributed by atoms with van der Waals surface area (Å²) in [6.45, 7) is 3.99. The summed E-state index contributed by atoms with van der Waals surface area (Å²) in [5, 5.41) is -0.0160. The predicted octanol–water partition coefficient (Wildman–Crippen LogP) is 5.25. The van der Waals surface area contributed by atoms with Crippen molar-refractivity contribution in [3.8, 4) is 11.5 Å². The number of hydrogen-bond donors (Lipinski definition) is 0. The van der Waals surface area contributed by atoms with Crippen molar-refractivity contribution in [2.75, 3.05) is 23.6 Å². The topological polar surface area (TPSA) is 71.4 Å². The Morgan fingerprint density at radius 2 is 1.78 bits per heavy atom. The number of rotatable bonds is 5. The average molecular weight is 500 g/mol.